The first-order chi connectivity index (χ1) is 14.0. The van der Waals surface area contributed by atoms with E-state index in [0.29, 0.717) is 27.6 Å². The van der Waals surface area contributed by atoms with Crippen molar-refractivity contribution in [3.63, 3.8) is 0 Å². The van der Waals surface area contributed by atoms with Crippen molar-refractivity contribution in [1.29, 1.82) is 0 Å². The highest BCUT2D eigenvalue weighted by Crippen LogP contribution is 2.30. The summed E-state index contributed by atoms with van der Waals surface area (Å²) < 4.78 is 0. The van der Waals surface area contributed by atoms with Crippen LogP contribution >= 0.6 is 11.6 Å². The Morgan fingerprint density at radius 1 is 0.931 bits per heavy atom. The SMILES string of the molecule is O=C1/C(=C\c2ccccc2Cl)C(c2ccccc2)=NN1c1ccc([N+](=O)[O-])cc1. The van der Waals surface area contributed by atoms with Gasteiger partial charge >= 0.3 is 0 Å². The third kappa shape index (κ3) is 3.66. The lowest BCUT2D eigenvalue weighted by Crippen LogP contribution is -2.21. The van der Waals surface area contributed by atoms with Crippen molar-refractivity contribution in [2.45, 2.75) is 0 Å². The number of rotatable bonds is 4. The van der Waals surface area contributed by atoms with Gasteiger partial charge < -0.3 is 0 Å². The van der Waals surface area contributed by atoms with Crippen molar-refractivity contribution >= 4 is 40.7 Å². The van der Waals surface area contributed by atoms with Gasteiger partial charge in [-0.3, -0.25) is 14.9 Å². The van der Waals surface area contributed by atoms with E-state index in [1.165, 1.54) is 29.3 Å². The summed E-state index contributed by atoms with van der Waals surface area (Å²) in [6.45, 7) is 0. The lowest BCUT2D eigenvalue weighted by Gasteiger charge is -2.11. The number of anilines is 1. The number of nitrogens with zero attached hydrogens (tertiary/aromatic N) is 3. The van der Waals surface area contributed by atoms with Crippen molar-refractivity contribution in [3.8, 4) is 0 Å². The Labute approximate surface area is 171 Å². The average Bonchev–Trinajstić information content (AvgIpc) is 3.07. The van der Waals surface area contributed by atoms with Crippen LogP contribution in [0.5, 0.6) is 0 Å². The lowest BCUT2D eigenvalue weighted by atomic mass is 10.0. The Bertz CT molecular complexity index is 1160. The summed E-state index contributed by atoms with van der Waals surface area (Å²) in [4.78, 5) is 23.6. The normalized spacial score (nSPS) is 14.9. The fourth-order valence-electron chi connectivity index (χ4n) is 2.99. The third-order valence-electron chi connectivity index (χ3n) is 4.44. The van der Waals surface area contributed by atoms with E-state index >= 15 is 0 Å². The van der Waals surface area contributed by atoms with E-state index in [-0.39, 0.29) is 11.6 Å². The predicted molar refractivity (Wildman–Crippen MR) is 113 cm³/mol. The van der Waals surface area contributed by atoms with Crippen LogP contribution < -0.4 is 5.01 Å². The molecule has 1 aliphatic heterocycles. The largest absolute Gasteiger partial charge is 0.281 e. The van der Waals surface area contributed by atoms with Gasteiger partial charge in [0.15, 0.2) is 0 Å². The molecule has 1 heterocycles. The van der Waals surface area contributed by atoms with Crippen LogP contribution in [0.2, 0.25) is 5.02 Å². The van der Waals surface area contributed by atoms with Crippen molar-refractivity contribution in [2.24, 2.45) is 5.10 Å². The molecular formula is C22H14ClN3O3. The fourth-order valence-corrected chi connectivity index (χ4v) is 3.18. The molecule has 1 amide bonds. The zero-order valence-corrected chi connectivity index (χ0v) is 15.8. The second-order valence-electron chi connectivity index (χ2n) is 6.28. The van der Waals surface area contributed by atoms with Crippen molar-refractivity contribution in [2.75, 3.05) is 5.01 Å². The molecule has 0 aliphatic carbocycles. The summed E-state index contributed by atoms with van der Waals surface area (Å²) in [5.74, 6) is -0.336. The van der Waals surface area contributed by atoms with Gasteiger partial charge in [0.05, 0.1) is 16.2 Å². The predicted octanol–water partition coefficient (Wildman–Crippen LogP) is 5.08. The molecule has 6 nitrogen and oxygen atoms in total. The molecule has 0 saturated carbocycles. The molecule has 0 N–H and O–H groups in total. The number of carbonyl (C=O) groups is 1. The topological polar surface area (TPSA) is 75.8 Å². The van der Waals surface area contributed by atoms with E-state index in [1.807, 2.05) is 48.5 Å². The Hall–Kier alpha value is -3.77. The van der Waals surface area contributed by atoms with Crippen molar-refractivity contribution in [1.82, 2.24) is 0 Å². The zero-order valence-electron chi connectivity index (χ0n) is 15.0. The van der Waals surface area contributed by atoms with Gasteiger partial charge in [-0.2, -0.15) is 10.1 Å². The first kappa shape index (κ1) is 18.6. The van der Waals surface area contributed by atoms with E-state index in [2.05, 4.69) is 5.10 Å². The number of halogens is 1. The van der Waals surface area contributed by atoms with Crippen LogP contribution in [-0.2, 0) is 4.79 Å². The monoisotopic (exact) mass is 403 g/mol. The van der Waals surface area contributed by atoms with E-state index < -0.39 is 4.92 Å². The van der Waals surface area contributed by atoms with Gasteiger partial charge in [0.2, 0.25) is 0 Å². The highest BCUT2D eigenvalue weighted by molar-refractivity contribution is 6.38. The minimum Gasteiger partial charge on any atom is -0.267 e. The molecule has 0 spiro atoms. The van der Waals surface area contributed by atoms with Gasteiger partial charge in [0.1, 0.15) is 5.71 Å². The van der Waals surface area contributed by atoms with Gasteiger partial charge in [-0.15, -0.1) is 0 Å². The smallest absolute Gasteiger partial charge is 0.267 e. The summed E-state index contributed by atoms with van der Waals surface area (Å²) in [6.07, 6.45) is 1.71. The van der Waals surface area contributed by atoms with Gasteiger partial charge in [-0.25, -0.2) is 0 Å². The molecule has 3 aromatic rings. The number of non-ortho nitro benzene ring substituents is 1. The number of nitro benzene ring substituents is 1. The van der Waals surface area contributed by atoms with Gasteiger partial charge in [-0.1, -0.05) is 60.1 Å². The summed E-state index contributed by atoms with van der Waals surface area (Å²) in [6, 6.07) is 22.3. The number of amides is 1. The Kier molecular flexibility index (Phi) is 4.93. The highest BCUT2D eigenvalue weighted by atomic mass is 35.5. The molecule has 0 fully saturated rings. The standard InChI is InChI=1S/C22H14ClN3O3/c23-20-9-5-4-8-16(20)14-19-21(15-6-2-1-3-7-15)24-25(22(19)27)17-10-12-18(13-11-17)26(28)29/h1-14H/b19-14-. The number of carbonyl (C=O) groups excluding carboxylic acids is 1. The fraction of sp³-hybridized carbons (Fsp3) is 0. The second-order valence-corrected chi connectivity index (χ2v) is 6.69. The molecular weight excluding hydrogens is 390 g/mol. The zero-order chi connectivity index (χ0) is 20.4. The molecule has 7 heteroatoms. The van der Waals surface area contributed by atoms with Gasteiger partial charge in [-0.05, 0) is 29.8 Å². The minimum absolute atomic E-state index is 0.0560. The summed E-state index contributed by atoms with van der Waals surface area (Å²) in [5, 5.41) is 17.2. The second kappa shape index (κ2) is 7.69. The number of hydrogen-bond acceptors (Lipinski definition) is 4. The van der Waals surface area contributed by atoms with Crippen LogP contribution in [0.15, 0.2) is 89.5 Å². The maximum atomic E-state index is 13.2. The van der Waals surface area contributed by atoms with Crippen molar-refractivity contribution < 1.29 is 9.72 Å². The molecule has 1 aliphatic rings. The maximum Gasteiger partial charge on any atom is 0.281 e. The number of benzene rings is 3. The summed E-state index contributed by atoms with van der Waals surface area (Å²) >= 11 is 6.27. The molecule has 3 aromatic carbocycles. The van der Waals surface area contributed by atoms with Crippen molar-refractivity contribution in [3.05, 3.63) is 111 Å². The molecule has 4 rings (SSSR count). The van der Waals surface area contributed by atoms with E-state index in [0.717, 1.165) is 5.56 Å². The third-order valence-corrected chi connectivity index (χ3v) is 4.78. The molecule has 29 heavy (non-hydrogen) atoms. The quantitative estimate of drug-likeness (QED) is 0.346. The first-order valence-electron chi connectivity index (χ1n) is 8.74. The molecule has 0 atom stereocenters. The van der Waals surface area contributed by atoms with E-state index in [4.69, 9.17) is 11.6 Å². The van der Waals surface area contributed by atoms with Crippen LogP contribution in [0.4, 0.5) is 11.4 Å². The van der Waals surface area contributed by atoms with Crippen LogP contribution in [0, 0.1) is 10.1 Å². The molecule has 142 valence electrons. The van der Waals surface area contributed by atoms with Crippen LogP contribution in [0.3, 0.4) is 0 Å². The summed E-state index contributed by atoms with van der Waals surface area (Å²) in [7, 11) is 0. The molecule has 0 saturated heterocycles. The van der Waals surface area contributed by atoms with Crippen LogP contribution in [0.25, 0.3) is 6.08 Å². The Balaban J connectivity index is 1.81. The Morgan fingerprint density at radius 3 is 2.24 bits per heavy atom. The lowest BCUT2D eigenvalue weighted by molar-refractivity contribution is -0.384. The maximum absolute atomic E-state index is 13.2. The molecule has 0 aromatic heterocycles. The number of nitro groups is 1. The Morgan fingerprint density at radius 2 is 1.59 bits per heavy atom. The van der Waals surface area contributed by atoms with Crippen LogP contribution in [-0.4, -0.2) is 16.5 Å². The van der Waals surface area contributed by atoms with E-state index in [9.17, 15) is 14.9 Å². The number of hydrazone groups is 1. The molecule has 0 radical (unpaired) electrons. The van der Waals surface area contributed by atoms with Crippen LogP contribution in [0.1, 0.15) is 11.1 Å². The number of hydrogen-bond donors (Lipinski definition) is 0. The highest BCUT2D eigenvalue weighted by Gasteiger charge is 2.32. The molecule has 0 unspecified atom stereocenters. The van der Waals surface area contributed by atoms with Gasteiger partial charge in [0, 0.05) is 22.7 Å². The first-order valence-corrected chi connectivity index (χ1v) is 9.12. The minimum atomic E-state index is -0.489. The van der Waals surface area contributed by atoms with Gasteiger partial charge in [0.25, 0.3) is 11.6 Å². The average molecular weight is 404 g/mol. The van der Waals surface area contributed by atoms with E-state index in [1.54, 1.807) is 12.1 Å². The molecule has 0 bridgehead atoms. The summed E-state index contributed by atoms with van der Waals surface area (Å²) in [5.41, 5.74) is 2.77.